The van der Waals surface area contributed by atoms with Crippen LogP contribution in [0.1, 0.15) is 67.4 Å². The van der Waals surface area contributed by atoms with E-state index in [0.717, 1.165) is 30.4 Å². The molecule has 2 aromatic rings. The van der Waals surface area contributed by atoms with Gasteiger partial charge in [0.1, 0.15) is 5.75 Å². The topological polar surface area (TPSA) is 102 Å². The number of benzene rings is 2. The van der Waals surface area contributed by atoms with Crippen molar-refractivity contribution in [3.05, 3.63) is 64.7 Å². The normalized spacial score (nSPS) is 16.5. The summed E-state index contributed by atoms with van der Waals surface area (Å²) in [4.78, 5) is 12.4. The molecule has 0 radical (unpaired) electrons. The van der Waals surface area contributed by atoms with Crippen LogP contribution in [-0.2, 0) is 24.2 Å². The highest BCUT2D eigenvalue weighted by Crippen LogP contribution is 2.22. The highest BCUT2D eigenvalue weighted by Gasteiger charge is 2.16. The van der Waals surface area contributed by atoms with E-state index in [2.05, 4.69) is 29.7 Å². The van der Waals surface area contributed by atoms with Crippen LogP contribution in [0.3, 0.4) is 0 Å². The van der Waals surface area contributed by atoms with Crippen LogP contribution in [0.5, 0.6) is 5.75 Å². The molecular formula is C26H36N2O4. The molecule has 6 nitrogen and oxygen atoms in total. The minimum Gasteiger partial charge on any atom is -0.508 e. The van der Waals surface area contributed by atoms with Crippen molar-refractivity contribution in [2.24, 2.45) is 0 Å². The average molecular weight is 441 g/mol. The van der Waals surface area contributed by atoms with E-state index in [1.54, 1.807) is 12.1 Å². The lowest BCUT2D eigenvalue weighted by Crippen LogP contribution is -2.37. The zero-order chi connectivity index (χ0) is 22.9. The first kappa shape index (κ1) is 24.2. The molecule has 6 heteroatoms. The van der Waals surface area contributed by atoms with E-state index in [1.165, 1.54) is 25.3 Å². The van der Waals surface area contributed by atoms with Gasteiger partial charge in [0.15, 0.2) is 0 Å². The van der Waals surface area contributed by atoms with Crippen LogP contribution in [0.2, 0.25) is 0 Å². The van der Waals surface area contributed by atoms with Crippen molar-refractivity contribution in [1.82, 2.24) is 10.6 Å². The second kappa shape index (κ2) is 12.0. The number of hydrogen-bond acceptors (Lipinski definition) is 5. The summed E-state index contributed by atoms with van der Waals surface area (Å²) >= 11 is 0. The van der Waals surface area contributed by atoms with Gasteiger partial charge in [-0.05, 0) is 55.0 Å². The van der Waals surface area contributed by atoms with Crippen molar-refractivity contribution in [2.75, 3.05) is 6.54 Å². The van der Waals surface area contributed by atoms with Gasteiger partial charge in [0.2, 0.25) is 5.91 Å². The summed E-state index contributed by atoms with van der Waals surface area (Å²) in [6, 6.07) is 13.4. The van der Waals surface area contributed by atoms with Crippen molar-refractivity contribution in [1.29, 1.82) is 0 Å². The van der Waals surface area contributed by atoms with E-state index in [-0.39, 0.29) is 24.3 Å². The van der Waals surface area contributed by atoms with E-state index in [1.807, 2.05) is 12.1 Å². The summed E-state index contributed by atoms with van der Waals surface area (Å²) in [5, 5.41) is 35.9. The maximum Gasteiger partial charge on any atom is 0.224 e. The first-order valence-electron chi connectivity index (χ1n) is 11.7. The van der Waals surface area contributed by atoms with E-state index in [4.69, 9.17) is 0 Å². The lowest BCUT2D eigenvalue weighted by atomic mass is 9.95. The van der Waals surface area contributed by atoms with Gasteiger partial charge in [-0.15, -0.1) is 0 Å². The standard InChI is InChI=1S/C26H36N2O4/c1-18(27-16-25(31)21-10-11-24(30)22(15-21)17-29)12-19-6-5-7-20(13-19)14-26(32)28-23-8-3-2-4-9-23/h5-7,10-11,13,15,18,23,25,27,29-31H,2-4,8-9,12,14,16-17H2,1H3,(H,28,32)/t18-,25+/m1/s1. The molecule has 174 valence electrons. The van der Waals surface area contributed by atoms with Gasteiger partial charge in [-0.25, -0.2) is 0 Å². The molecule has 0 saturated heterocycles. The number of aliphatic hydroxyl groups excluding tert-OH is 2. The Balaban J connectivity index is 1.47. The maximum absolute atomic E-state index is 12.4. The van der Waals surface area contributed by atoms with Crippen LogP contribution >= 0.6 is 0 Å². The van der Waals surface area contributed by atoms with Crippen molar-refractivity contribution >= 4 is 5.91 Å². The zero-order valence-corrected chi connectivity index (χ0v) is 18.9. The fourth-order valence-corrected chi connectivity index (χ4v) is 4.37. The minimum atomic E-state index is -0.738. The molecule has 1 aliphatic rings. The van der Waals surface area contributed by atoms with E-state index in [0.29, 0.717) is 30.1 Å². The summed E-state index contributed by atoms with van der Waals surface area (Å²) < 4.78 is 0. The highest BCUT2D eigenvalue weighted by molar-refractivity contribution is 5.78. The van der Waals surface area contributed by atoms with E-state index >= 15 is 0 Å². The van der Waals surface area contributed by atoms with Gasteiger partial charge in [-0.1, -0.05) is 49.6 Å². The lowest BCUT2D eigenvalue weighted by Gasteiger charge is -2.22. The smallest absolute Gasteiger partial charge is 0.224 e. The SMILES string of the molecule is C[C@H](Cc1cccc(CC(=O)NC2CCCCC2)c1)NC[C@H](O)c1ccc(O)c(CO)c1. The summed E-state index contributed by atoms with van der Waals surface area (Å²) in [7, 11) is 0. The third-order valence-corrected chi connectivity index (χ3v) is 6.19. The molecule has 2 aromatic carbocycles. The predicted octanol–water partition coefficient (Wildman–Crippen LogP) is 3.13. The van der Waals surface area contributed by atoms with Crippen LogP contribution in [0.25, 0.3) is 0 Å². The van der Waals surface area contributed by atoms with Crippen molar-refractivity contribution in [2.45, 2.75) is 76.7 Å². The van der Waals surface area contributed by atoms with Gasteiger partial charge < -0.3 is 26.0 Å². The monoisotopic (exact) mass is 440 g/mol. The van der Waals surface area contributed by atoms with Crippen LogP contribution in [0, 0.1) is 0 Å². The maximum atomic E-state index is 12.4. The summed E-state index contributed by atoms with van der Waals surface area (Å²) in [5.74, 6) is 0.122. The fraction of sp³-hybridized carbons (Fsp3) is 0.500. The third kappa shape index (κ3) is 7.33. The van der Waals surface area contributed by atoms with Crippen LogP contribution in [0.15, 0.2) is 42.5 Å². The first-order valence-corrected chi connectivity index (χ1v) is 11.7. The molecule has 32 heavy (non-hydrogen) atoms. The quantitative estimate of drug-likeness (QED) is 0.391. The lowest BCUT2D eigenvalue weighted by molar-refractivity contribution is -0.121. The molecule has 5 N–H and O–H groups in total. The molecule has 0 heterocycles. The third-order valence-electron chi connectivity index (χ3n) is 6.19. The van der Waals surface area contributed by atoms with Gasteiger partial charge in [0.05, 0.1) is 19.1 Å². The Labute approximate surface area is 190 Å². The van der Waals surface area contributed by atoms with Crippen molar-refractivity contribution in [3.63, 3.8) is 0 Å². The molecule has 0 unspecified atom stereocenters. The molecule has 1 aliphatic carbocycles. The molecule has 0 aromatic heterocycles. The molecule has 1 amide bonds. The van der Waals surface area contributed by atoms with Crippen molar-refractivity contribution < 1.29 is 20.1 Å². The molecule has 0 aliphatic heterocycles. The molecular weight excluding hydrogens is 404 g/mol. The second-order valence-electron chi connectivity index (χ2n) is 8.97. The Morgan fingerprint density at radius 2 is 1.84 bits per heavy atom. The number of nitrogens with one attached hydrogen (secondary N) is 2. The number of carbonyl (C=O) groups is 1. The summed E-state index contributed by atoms with van der Waals surface area (Å²) in [6.45, 7) is 2.15. The van der Waals surface area contributed by atoms with Crippen LogP contribution in [0.4, 0.5) is 0 Å². The first-order chi connectivity index (χ1) is 15.4. The largest absolute Gasteiger partial charge is 0.508 e. The van der Waals surface area contributed by atoms with Gasteiger partial charge in [0, 0.05) is 24.2 Å². The Hall–Kier alpha value is -2.41. The molecule has 1 saturated carbocycles. The van der Waals surface area contributed by atoms with E-state index < -0.39 is 6.10 Å². The number of phenols is 1. The number of rotatable bonds is 10. The Bertz CT molecular complexity index is 880. The number of aliphatic hydroxyl groups is 2. The molecule has 2 atom stereocenters. The Kier molecular flexibility index (Phi) is 9.09. The van der Waals surface area contributed by atoms with Crippen LogP contribution < -0.4 is 10.6 Å². The zero-order valence-electron chi connectivity index (χ0n) is 18.9. The Morgan fingerprint density at radius 3 is 2.59 bits per heavy atom. The minimum absolute atomic E-state index is 0.0251. The molecule has 0 bridgehead atoms. The van der Waals surface area contributed by atoms with Gasteiger partial charge in [-0.2, -0.15) is 0 Å². The summed E-state index contributed by atoms with van der Waals surface area (Å²) in [5.41, 5.74) is 3.22. The van der Waals surface area contributed by atoms with Crippen LogP contribution in [-0.4, -0.2) is 39.9 Å². The number of carbonyl (C=O) groups excluding carboxylic acids is 1. The van der Waals surface area contributed by atoms with E-state index in [9.17, 15) is 20.1 Å². The molecule has 3 rings (SSSR count). The van der Waals surface area contributed by atoms with Gasteiger partial charge in [-0.3, -0.25) is 4.79 Å². The van der Waals surface area contributed by atoms with Gasteiger partial charge in [0.25, 0.3) is 0 Å². The number of amides is 1. The average Bonchev–Trinajstić information content (AvgIpc) is 2.78. The fourth-order valence-electron chi connectivity index (χ4n) is 4.37. The van der Waals surface area contributed by atoms with Crippen molar-refractivity contribution in [3.8, 4) is 5.75 Å². The second-order valence-corrected chi connectivity index (χ2v) is 8.97. The highest BCUT2D eigenvalue weighted by atomic mass is 16.3. The molecule has 0 spiro atoms. The number of aromatic hydroxyl groups is 1. The van der Waals surface area contributed by atoms with Gasteiger partial charge >= 0.3 is 0 Å². The summed E-state index contributed by atoms with van der Waals surface area (Å²) in [6.07, 6.45) is 6.30. The Morgan fingerprint density at radius 1 is 1.09 bits per heavy atom. The molecule has 1 fully saturated rings. The number of hydrogen-bond donors (Lipinski definition) is 5. The predicted molar refractivity (Wildman–Crippen MR) is 125 cm³/mol.